The largest absolute Gasteiger partial charge is 0.493 e. The van der Waals surface area contributed by atoms with Crippen molar-refractivity contribution in [1.29, 1.82) is 0 Å². The Balaban J connectivity index is 2.04. The highest BCUT2D eigenvalue weighted by molar-refractivity contribution is 5.39. The van der Waals surface area contributed by atoms with Crippen LogP contribution in [0.25, 0.3) is 0 Å². The number of aryl methyl sites for hydroxylation is 1. The molecular formula is C18H26N4O2. The van der Waals surface area contributed by atoms with E-state index >= 15 is 0 Å². The number of methoxy groups -OCH3 is 1. The van der Waals surface area contributed by atoms with Crippen molar-refractivity contribution < 1.29 is 9.47 Å². The molecule has 6 heteroatoms. The van der Waals surface area contributed by atoms with Gasteiger partial charge < -0.3 is 14.8 Å². The Morgan fingerprint density at radius 2 is 1.79 bits per heavy atom. The molecule has 0 aliphatic rings. The second kappa shape index (κ2) is 8.47. The molecule has 6 nitrogen and oxygen atoms in total. The third-order valence-corrected chi connectivity index (χ3v) is 3.62. The fraction of sp³-hybridized carbons (Fsp3) is 0.500. The average molecular weight is 330 g/mol. The van der Waals surface area contributed by atoms with Crippen molar-refractivity contribution in [3.8, 4) is 11.5 Å². The van der Waals surface area contributed by atoms with Crippen molar-refractivity contribution in [2.75, 3.05) is 19.0 Å². The molecule has 2 aromatic rings. The molecule has 0 bridgehead atoms. The summed E-state index contributed by atoms with van der Waals surface area (Å²) in [5.74, 6) is 3.83. The van der Waals surface area contributed by atoms with Gasteiger partial charge in [-0.25, -0.2) is 4.98 Å². The lowest BCUT2D eigenvalue weighted by Gasteiger charge is -2.19. The Hall–Kier alpha value is -2.37. The van der Waals surface area contributed by atoms with E-state index in [2.05, 4.69) is 41.0 Å². The van der Waals surface area contributed by atoms with Crippen LogP contribution in [0, 0.1) is 6.92 Å². The van der Waals surface area contributed by atoms with Crippen molar-refractivity contribution in [3.05, 3.63) is 35.9 Å². The van der Waals surface area contributed by atoms with Crippen molar-refractivity contribution in [3.63, 3.8) is 0 Å². The van der Waals surface area contributed by atoms with Crippen LogP contribution in [0.1, 0.15) is 44.8 Å². The predicted molar refractivity (Wildman–Crippen MR) is 94.8 cm³/mol. The summed E-state index contributed by atoms with van der Waals surface area (Å²) < 4.78 is 11.2. The number of hydrogen-bond acceptors (Lipinski definition) is 6. The summed E-state index contributed by atoms with van der Waals surface area (Å²) in [4.78, 5) is 13.2. The third kappa shape index (κ3) is 4.81. The van der Waals surface area contributed by atoms with Crippen LogP contribution in [0.4, 0.5) is 5.95 Å². The van der Waals surface area contributed by atoms with Gasteiger partial charge >= 0.3 is 0 Å². The zero-order valence-corrected chi connectivity index (χ0v) is 15.0. The van der Waals surface area contributed by atoms with Gasteiger partial charge in [0.2, 0.25) is 5.95 Å². The van der Waals surface area contributed by atoms with Gasteiger partial charge in [0.25, 0.3) is 0 Å². The Bertz CT molecular complexity index is 661. The van der Waals surface area contributed by atoms with Gasteiger partial charge in [-0.1, -0.05) is 32.9 Å². The summed E-state index contributed by atoms with van der Waals surface area (Å²) in [6.45, 7) is 8.62. The van der Waals surface area contributed by atoms with Crippen molar-refractivity contribution in [2.45, 2.75) is 46.1 Å². The van der Waals surface area contributed by atoms with Gasteiger partial charge in [0.05, 0.1) is 13.2 Å². The van der Waals surface area contributed by atoms with Crippen LogP contribution in [0.3, 0.4) is 0 Å². The van der Waals surface area contributed by atoms with E-state index in [1.807, 2.05) is 31.2 Å². The van der Waals surface area contributed by atoms with Gasteiger partial charge in [-0.2, -0.15) is 9.97 Å². The normalized spacial score (nSPS) is 12.1. The molecule has 1 heterocycles. The first-order valence-corrected chi connectivity index (χ1v) is 8.28. The van der Waals surface area contributed by atoms with Gasteiger partial charge in [-0.05, 0) is 25.5 Å². The fourth-order valence-corrected chi connectivity index (χ4v) is 2.20. The van der Waals surface area contributed by atoms with E-state index in [1.54, 1.807) is 7.11 Å². The van der Waals surface area contributed by atoms with Crippen LogP contribution in [0.2, 0.25) is 0 Å². The van der Waals surface area contributed by atoms with Gasteiger partial charge in [0, 0.05) is 5.92 Å². The quantitative estimate of drug-likeness (QED) is 0.798. The Morgan fingerprint density at radius 3 is 2.42 bits per heavy atom. The zero-order chi connectivity index (χ0) is 17.5. The van der Waals surface area contributed by atoms with Crippen LogP contribution in [-0.4, -0.2) is 34.7 Å². The Morgan fingerprint density at radius 1 is 1.08 bits per heavy atom. The highest BCUT2D eigenvalue weighted by Crippen LogP contribution is 2.26. The van der Waals surface area contributed by atoms with Crippen LogP contribution >= 0.6 is 0 Å². The second-order valence-corrected chi connectivity index (χ2v) is 5.93. The van der Waals surface area contributed by atoms with Gasteiger partial charge in [-0.3, -0.25) is 0 Å². The SMILES string of the molecule is CCC(COc1ccccc1OC)Nc1nc(C)nc(C(C)C)n1. The van der Waals surface area contributed by atoms with Crippen LogP contribution in [0.5, 0.6) is 11.5 Å². The number of rotatable bonds is 8. The first kappa shape index (κ1) is 18.0. The maximum Gasteiger partial charge on any atom is 0.226 e. The molecule has 2 rings (SSSR count). The lowest BCUT2D eigenvalue weighted by molar-refractivity contribution is 0.276. The van der Waals surface area contributed by atoms with Crippen LogP contribution in [0.15, 0.2) is 24.3 Å². The summed E-state index contributed by atoms with van der Waals surface area (Å²) in [5.41, 5.74) is 0. The minimum atomic E-state index is 0.0942. The minimum absolute atomic E-state index is 0.0942. The highest BCUT2D eigenvalue weighted by Gasteiger charge is 2.13. The number of nitrogens with one attached hydrogen (secondary N) is 1. The summed E-state index contributed by atoms with van der Waals surface area (Å²) >= 11 is 0. The molecule has 1 aromatic heterocycles. The number of nitrogens with zero attached hydrogens (tertiary/aromatic N) is 3. The number of anilines is 1. The molecule has 1 unspecified atom stereocenters. The molecule has 1 atom stereocenters. The molecular weight excluding hydrogens is 304 g/mol. The molecule has 0 saturated carbocycles. The first-order chi connectivity index (χ1) is 11.5. The fourth-order valence-electron chi connectivity index (χ4n) is 2.20. The topological polar surface area (TPSA) is 69.2 Å². The highest BCUT2D eigenvalue weighted by atomic mass is 16.5. The van der Waals surface area contributed by atoms with Gasteiger partial charge in [0.15, 0.2) is 11.5 Å². The standard InChI is InChI=1S/C18H26N4O2/c1-6-14(11-24-16-10-8-7-9-15(16)23-5)21-18-20-13(4)19-17(22-18)12(2)3/h7-10,12,14H,6,11H2,1-5H3,(H,19,20,21,22). The molecule has 1 aromatic carbocycles. The van der Waals surface area contributed by atoms with Gasteiger partial charge in [0.1, 0.15) is 18.3 Å². The van der Waals surface area contributed by atoms with Crippen LogP contribution < -0.4 is 14.8 Å². The smallest absolute Gasteiger partial charge is 0.226 e. The lowest BCUT2D eigenvalue weighted by Crippen LogP contribution is -2.28. The van der Waals surface area contributed by atoms with Crippen molar-refractivity contribution in [1.82, 2.24) is 15.0 Å². The number of benzene rings is 1. The second-order valence-electron chi connectivity index (χ2n) is 5.93. The third-order valence-electron chi connectivity index (χ3n) is 3.62. The molecule has 0 amide bonds. The molecule has 1 N–H and O–H groups in total. The molecule has 0 aliphatic carbocycles. The van der Waals surface area contributed by atoms with E-state index < -0.39 is 0 Å². The lowest BCUT2D eigenvalue weighted by atomic mass is 10.2. The molecule has 130 valence electrons. The summed E-state index contributed by atoms with van der Waals surface area (Å²) in [6, 6.07) is 7.72. The molecule has 0 spiro atoms. The van der Waals surface area contributed by atoms with Crippen molar-refractivity contribution >= 4 is 5.95 Å². The molecule has 24 heavy (non-hydrogen) atoms. The maximum absolute atomic E-state index is 5.90. The van der Waals surface area contributed by atoms with E-state index in [-0.39, 0.29) is 12.0 Å². The van der Waals surface area contributed by atoms with E-state index in [0.29, 0.717) is 12.6 Å². The summed E-state index contributed by atoms with van der Waals surface area (Å²) in [5, 5.41) is 3.34. The zero-order valence-electron chi connectivity index (χ0n) is 15.0. The first-order valence-electron chi connectivity index (χ1n) is 8.28. The predicted octanol–water partition coefficient (Wildman–Crippen LogP) is 3.58. The number of ether oxygens (including phenoxy) is 2. The Labute approximate surface area is 143 Å². The van der Waals surface area contributed by atoms with Crippen LogP contribution in [-0.2, 0) is 0 Å². The summed E-state index contributed by atoms with van der Waals surface area (Å²) in [7, 11) is 1.64. The average Bonchev–Trinajstić information content (AvgIpc) is 2.58. The molecule has 0 fully saturated rings. The van der Waals surface area contributed by atoms with Gasteiger partial charge in [-0.15, -0.1) is 0 Å². The number of aromatic nitrogens is 3. The number of hydrogen-bond donors (Lipinski definition) is 1. The number of para-hydroxylation sites is 2. The molecule has 0 aliphatic heterocycles. The monoisotopic (exact) mass is 330 g/mol. The van der Waals surface area contributed by atoms with E-state index in [1.165, 1.54) is 0 Å². The Kier molecular flexibility index (Phi) is 6.35. The molecule has 0 radical (unpaired) electrons. The van der Waals surface area contributed by atoms with E-state index in [0.717, 1.165) is 29.6 Å². The minimum Gasteiger partial charge on any atom is -0.493 e. The molecule has 0 saturated heterocycles. The van der Waals surface area contributed by atoms with E-state index in [9.17, 15) is 0 Å². The van der Waals surface area contributed by atoms with Crippen molar-refractivity contribution in [2.24, 2.45) is 0 Å². The van der Waals surface area contributed by atoms with E-state index in [4.69, 9.17) is 9.47 Å². The summed E-state index contributed by atoms with van der Waals surface area (Å²) in [6.07, 6.45) is 0.886. The maximum atomic E-state index is 5.90.